The molecule has 0 aromatic heterocycles. The van der Waals surface area contributed by atoms with Crippen LogP contribution < -0.4 is 0 Å². The monoisotopic (exact) mass is 170 g/mol. The van der Waals surface area contributed by atoms with Crippen molar-refractivity contribution >= 4 is 5.97 Å². The van der Waals surface area contributed by atoms with E-state index in [0.717, 1.165) is 19.3 Å². The van der Waals surface area contributed by atoms with Gasteiger partial charge in [0.05, 0.1) is 6.61 Å². The first-order valence-electron chi connectivity index (χ1n) is 4.53. The minimum atomic E-state index is -0.126. The average Bonchev–Trinajstić information content (AvgIpc) is 2.04. The van der Waals surface area contributed by atoms with Gasteiger partial charge in [-0.3, -0.25) is 4.79 Å². The van der Waals surface area contributed by atoms with Gasteiger partial charge in [0.15, 0.2) is 0 Å². The van der Waals surface area contributed by atoms with E-state index in [1.54, 1.807) is 6.92 Å². The van der Waals surface area contributed by atoms with Gasteiger partial charge in [0, 0.05) is 12.8 Å². The Morgan fingerprint density at radius 1 is 1.33 bits per heavy atom. The van der Waals surface area contributed by atoms with E-state index in [1.165, 1.54) is 5.57 Å². The molecular formula is C10H18O2. The molecule has 0 heterocycles. The SMILES string of the molecule is C=C(CCC)CCOC(=O)CC. The summed E-state index contributed by atoms with van der Waals surface area (Å²) in [5, 5.41) is 0. The second-order valence-corrected chi connectivity index (χ2v) is 2.82. The van der Waals surface area contributed by atoms with E-state index in [4.69, 9.17) is 4.74 Å². The van der Waals surface area contributed by atoms with E-state index in [1.807, 2.05) is 0 Å². The summed E-state index contributed by atoms with van der Waals surface area (Å²) in [4.78, 5) is 10.7. The van der Waals surface area contributed by atoms with E-state index >= 15 is 0 Å². The zero-order chi connectivity index (χ0) is 9.40. The van der Waals surface area contributed by atoms with Gasteiger partial charge in [-0.05, 0) is 6.42 Å². The first-order chi connectivity index (χ1) is 5.70. The molecule has 0 spiro atoms. The van der Waals surface area contributed by atoms with Crippen molar-refractivity contribution in [2.24, 2.45) is 0 Å². The van der Waals surface area contributed by atoms with E-state index in [-0.39, 0.29) is 5.97 Å². The van der Waals surface area contributed by atoms with Crippen molar-refractivity contribution in [3.8, 4) is 0 Å². The topological polar surface area (TPSA) is 26.3 Å². The van der Waals surface area contributed by atoms with Crippen molar-refractivity contribution in [3.63, 3.8) is 0 Å². The average molecular weight is 170 g/mol. The summed E-state index contributed by atoms with van der Waals surface area (Å²) in [6, 6.07) is 0. The molecule has 2 heteroatoms. The van der Waals surface area contributed by atoms with Crippen LogP contribution in [-0.2, 0) is 9.53 Å². The molecule has 0 saturated carbocycles. The predicted octanol–water partition coefficient (Wildman–Crippen LogP) is 2.69. The fraction of sp³-hybridized carbons (Fsp3) is 0.700. The van der Waals surface area contributed by atoms with Crippen LogP contribution in [-0.4, -0.2) is 12.6 Å². The Labute approximate surface area is 74.6 Å². The third-order valence-corrected chi connectivity index (χ3v) is 1.61. The fourth-order valence-corrected chi connectivity index (χ4v) is 0.890. The third-order valence-electron chi connectivity index (χ3n) is 1.61. The van der Waals surface area contributed by atoms with Gasteiger partial charge in [0.1, 0.15) is 0 Å². The van der Waals surface area contributed by atoms with Gasteiger partial charge in [0.2, 0.25) is 0 Å². The van der Waals surface area contributed by atoms with Crippen molar-refractivity contribution in [3.05, 3.63) is 12.2 Å². The molecular weight excluding hydrogens is 152 g/mol. The van der Waals surface area contributed by atoms with E-state index in [0.29, 0.717) is 13.0 Å². The second-order valence-electron chi connectivity index (χ2n) is 2.82. The van der Waals surface area contributed by atoms with Crippen LogP contribution in [0.25, 0.3) is 0 Å². The summed E-state index contributed by atoms with van der Waals surface area (Å²) >= 11 is 0. The summed E-state index contributed by atoms with van der Waals surface area (Å²) in [5.74, 6) is -0.126. The lowest BCUT2D eigenvalue weighted by Gasteiger charge is -2.04. The third kappa shape index (κ3) is 5.96. The van der Waals surface area contributed by atoms with E-state index in [9.17, 15) is 4.79 Å². The maximum Gasteiger partial charge on any atom is 0.305 e. The molecule has 0 aromatic rings. The first-order valence-corrected chi connectivity index (χ1v) is 4.53. The molecule has 0 bridgehead atoms. The lowest BCUT2D eigenvalue weighted by Crippen LogP contribution is -2.04. The quantitative estimate of drug-likeness (QED) is 0.452. The summed E-state index contributed by atoms with van der Waals surface area (Å²) < 4.78 is 4.91. The Morgan fingerprint density at radius 2 is 2.00 bits per heavy atom. The number of rotatable bonds is 6. The van der Waals surface area contributed by atoms with E-state index < -0.39 is 0 Å². The maximum atomic E-state index is 10.7. The smallest absolute Gasteiger partial charge is 0.305 e. The van der Waals surface area contributed by atoms with Crippen LogP contribution in [0.3, 0.4) is 0 Å². The molecule has 0 radical (unpaired) electrons. The standard InChI is InChI=1S/C10H18O2/c1-4-6-9(3)7-8-12-10(11)5-2/h3-8H2,1-2H3. The molecule has 0 fully saturated rings. The molecule has 0 rings (SSSR count). The molecule has 12 heavy (non-hydrogen) atoms. The molecule has 0 N–H and O–H groups in total. The maximum absolute atomic E-state index is 10.7. The van der Waals surface area contributed by atoms with Crippen molar-refractivity contribution in [2.45, 2.75) is 39.5 Å². The molecule has 0 unspecified atom stereocenters. The van der Waals surface area contributed by atoms with Crippen molar-refractivity contribution < 1.29 is 9.53 Å². The summed E-state index contributed by atoms with van der Waals surface area (Å²) in [6.45, 7) is 8.28. The van der Waals surface area contributed by atoms with Crippen LogP contribution in [0.5, 0.6) is 0 Å². The van der Waals surface area contributed by atoms with Crippen molar-refractivity contribution in [1.29, 1.82) is 0 Å². The summed E-state index contributed by atoms with van der Waals surface area (Å²) in [6.07, 6.45) is 3.41. The van der Waals surface area contributed by atoms with Gasteiger partial charge in [-0.15, -0.1) is 0 Å². The Bertz CT molecular complexity index is 150. The predicted molar refractivity (Wildman–Crippen MR) is 49.9 cm³/mol. The highest BCUT2D eigenvalue weighted by atomic mass is 16.5. The largest absolute Gasteiger partial charge is 0.465 e. The Morgan fingerprint density at radius 3 is 2.50 bits per heavy atom. The summed E-state index contributed by atoms with van der Waals surface area (Å²) in [7, 11) is 0. The minimum absolute atomic E-state index is 0.126. The number of carbonyl (C=O) groups excluding carboxylic acids is 1. The highest BCUT2D eigenvalue weighted by molar-refractivity contribution is 5.68. The van der Waals surface area contributed by atoms with Gasteiger partial charge in [-0.25, -0.2) is 0 Å². The van der Waals surface area contributed by atoms with Crippen LogP contribution in [0.2, 0.25) is 0 Å². The van der Waals surface area contributed by atoms with Crippen LogP contribution in [0, 0.1) is 0 Å². The van der Waals surface area contributed by atoms with Gasteiger partial charge in [-0.2, -0.15) is 0 Å². The van der Waals surface area contributed by atoms with Gasteiger partial charge in [0.25, 0.3) is 0 Å². The summed E-state index contributed by atoms with van der Waals surface area (Å²) in [5.41, 5.74) is 1.17. The Kier molecular flexibility index (Phi) is 6.44. The number of hydrogen-bond acceptors (Lipinski definition) is 2. The van der Waals surface area contributed by atoms with Crippen LogP contribution in [0.1, 0.15) is 39.5 Å². The van der Waals surface area contributed by atoms with Gasteiger partial charge in [-0.1, -0.05) is 32.4 Å². The van der Waals surface area contributed by atoms with Gasteiger partial charge < -0.3 is 4.74 Å². The first kappa shape index (κ1) is 11.2. The molecule has 0 atom stereocenters. The molecule has 70 valence electrons. The fourth-order valence-electron chi connectivity index (χ4n) is 0.890. The number of ether oxygens (including phenoxy) is 1. The highest BCUT2D eigenvalue weighted by Crippen LogP contribution is 2.06. The lowest BCUT2D eigenvalue weighted by atomic mass is 10.1. The number of esters is 1. The zero-order valence-corrected chi connectivity index (χ0v) is 8.06. The molecule has 0 aromatic carbocycles. The second kappa shape index (κ2) is 6.89. The molecule has 0 aliphatic rings. The van der Waals surface area contributed by atoms with Gasteiger partial charge >= 0.3 is 5.97 Å². The molecule has 0 aliphatic carbocycles. The molecule has 0 saturated heterocycles. The van der Waals surface area contributed by atoms with Crippen LogP contribution >= 0.6 is 0 Å². The van der Waals surface area contributed by atoms with Crippen LogP contribution in [0.4, 0.5) is 0 Å². The molecule has 0 amide bonds. The number of carbonyl (C=O) groups is 1. The lowest BCUT2D eigenvalue weighted by molar-refractivity contribution is -0.143. The molecule has 0 aliphatic heterocycles. The number of hydrogen-bond donors (Lipinski definition) is 0. The van der Waals surface area contributed by atoms with Crippen molar-refractivity contribution in [1.82, 2.24) is 0 Å². The molecule has 2 nitrogen and oxygen atoms in total. The zero-order valence-electron chi connectivity index (χ0n) is 8.06. The normalized spacial score (nSPS) is 9.50. The Balaban J connectivity index is 3.30. The van der Waals surface area contributed by atoms with Crippen molar-refractivity contribution in [2.75, 3.05) is 6.61 Å². The highest BCUT2D eigenvalue weighted by Gasteiger charge is 1.98. The Hall–Kier alpha value is -0.790. The minimum Gasteiger partial charge on any atom is -0.465 e. The van der Waals surface area contributed by atoms with Crippen LogP contribution in [0.15, 0.2) is 12.2 Å². The van der Waals surface area contributed by atoms with E-state index in [2.05, 4.69) is 13.5 Å².